The average Bonchev–Trinajstić information content (AvgIpc) is 3.32. The number of allylic oxidation sites excluding steroid dienone is 6. The Bertz CT molecular complexity index is 1040. The fourth-order valence-electron chi connectivity index (χ4n) is 8.71. The van der Waals surface area contributed by atoms with Gasteiger partial charge < -0.3 is 18.7 Å². The molecule has 0 aromatic rings. The summed E-state index contributed by atoms with van der Waals surface area (Å²) >= 11 is 0. The van der Waals surface area contributed by atoms with Gasteiger partial charge in [0.1, 0.15) is 39.5 Å². The minimum Gasteiger partial charge on any atom is -0.460 e. The van der Waals surface area contributed by atoms with Gasteiger partial charge >= 0.3 is 17.9 Å². The van der Waals surface area contributed by atoms with E-state index in [-0.39, 0.29) is 17.9 Å². The number of hydrogen-bond acceptors (Lipinski definition) is 6. The SMILES string of the molecule is CCCCCCCC/C=C\CCCCCCCC(=O)OCC[N+](C)(CCOC(=O)CCCCCCC/C=C\CCCCCCCC)CCOC(=O)CCCCCCC/C=C\CCCCCCCC. The molecular weight excluding hydrogens is 843 g/mol. The fraction of sp³-hybridized carbons (Fsp3) is 0.852. The van der Waals surface area contributed by atoms with E-state index >= 15 is 0 Å². The minimum atomic E-state index is -0.146. The highest BCUT2D eigenvalue weighted by atomic mass is 16.5. The van der Waals surface area contributed by atoms with E-state index in [9.17, 15) is 14.4 Å². The monoisotopic (exact) mass is 957 g/mol. The van der Waals surface area contributed by atoms with E-state index in [0.717, 1.165) is 77.0 Å². The molecule has 0 aliphatic heterocycles. The first-order valence-electron chi connectivity index (χ1n) is 29.6. The normalized spacial score (nSPS) is 12.0. The summed E-state index contributed by atoms with van der Waals surface area (Å²) in [5.41, 5.74) is 0. The van der Waals surface area contributed by atoms with Crippen LogP contribution in [-0.2, 0) is 28.6 Å². The van der Waals surface area contributed by atoms with Crippen LogP contribution in [0.2, 0.25) is 0 Å². The number of nitrogens with zero attached hydrogens (tertiary/aromatic N) is 1. The summed E-state index contributed by atoms with van der Waals surface area (Å²) in [6.45, 7) is 9.43. The molecule has 0 bridgehead atoms. The van der Waals surface area contributed by atoms with Crippen LogP contribution in [0.3, 0.4) is 0 Å². The minimum absolute atomic E-state index is 0.146. The van der Waals surface area contributed by atoms with E-state index in [4.69, 9.17) is 14.2 Å². The fourth-order valence-corrected chi connectivity index (χ4v) is 8.71. The molecule has 68 heavy (non-hydrogen) atoms. The summed E-state index contributed by atoms with van der Waals surface area (Å²) in [6, 6.07) is 0. The number of carbonyl (C=O) groups excluding carboxylic acids is 3. The van der Waals surface area contributed by atoms with Crippen LogP contribution < -0.4 is 0 Å². The van der Waals surface area contributed by atoms with Gasteiger partial charge in [0, 0.05) is 19.3 Å². The molecule has 0 unspecified atom stereocenters. The number of carbonyl (C=O) groups is 3. The van der Waals surface area contributed by atoms with Gasteiger partial charge in [0.25, 0.3) is 0 Å². The quantitative estimate of drug-likeness (QED) is 0.0199. The third-order valence-corrected chi connectivity index (χ3v) is 13.6. The van der Waals surface area contributed by atoms with Crippen LogP contribution >= 0.6 is 0 Å². The second-order valence-electron chi connectivity index (χ2n) is 20.5. The van der Waals surface area contributed by atoms with Crippen LogP contribution in [0.1, 0.15) is 290 Å². The van der Waals surface area contributed by atoms with Gasteiger partial charge in [-0.2, -0.15) is 0 Å². The maximum atomic E-state index is 12.6. The molecule has 398 valence electrons. The molecule has 0 saturated carbocycles. The van der Waals surface area contributed by atoms with Gasteiger partial charge in [-0.15, -0.1) is 0 Å². The standard InChI is InChI=1S/C61H114NO6/c1-5-8-11-14-17-20-23-26-29-32-35-38-41-44-47-50-59(63)66-56-53-62(4,54-57-67-60(64)51-48-45-42-39-36-33-30-27-24-21-18-15-12-9-6-2)55-58-68-61(65)52-49-46-43-40-37-34-31-28-25-22-19-16-13-10-7-3/h26-31H,5-25,32-58H2,1-4H3/q+1/b29-26-,30-27-,31-28-. The van der Waals surface area contributed by atoms with Crippen LogP contribution in [0.5, 0.6) is 0 Å². The van der Waals surface area contributed by atoms with Crippen molar-refractivity contribution < 1.29 is 33.1 Å². The second-order valence-corrected chi connectivity index (χ2v) is 20.5. The molecule has 0 atom stereocenters. The molecule has 0 saturated heterocycles. The van der Waals surface area contributed by atoms with Crippen molar-refractivity contribution in [1.29, 1.82) is 0 Å². The van der Waals surface area contributed by atoms with Crippen molar-refractivity contribution in [1.82, 2.24) is 0 Å². The molecule has 0 aromatic heterocycles. The van der Waals surface area contributed by atoms with Gasteiger partial charge in [-0.05, 0) is 96.3 Å². The lowest BCUT2D eigenvalue weighted by Gasteiger charge is -2.34. The van der Waals surface area contributed by atoms with Crippen LogP contribution in [0, 0.1) is 0 Å². The maximum Gasteiger partial charge on any atom is 0.305 e. The molecule has 0 aromatic carbocycles. The molecule has 7 nitrogen and oxygen atoms in total. The first-order valence-corrected chi connectivity index (χ1v) is 29.6. The van der Waals surface area contributed by atoms with E-state index in [1.54, 1.807) is 0 Å². The summed E-state index contributed by atoms with van der Waals surface area (Å²) in [5, 5.41) is 0. The van der Waals surface area contributed by atoms with Crippen molar-refractivity contribution >= 4 is 17.9 Å². The van der Waals surface area contributed by atoms with Gasteiger partial charge in [-0.25, -0.2) is 0 Å². The Morgan fingerprint density at radius 1 is 0.294 bits per heavy atom. The molecule has 0 N–H and O–H groups in total. The smallest absolute Gasteiger partial charge is 0.305 e. The zero-order chi connectivity index (χ0) is 49.5. The van der Waals surface area contributed by atoms with Crippen LogP contribution in [-0.4, -0.2) is 68.9 Å². The number of unbranched alkanes of at least 4 members (excludes halogenated alkanes) is 33. The molecule has 0 radical (unpaired) electrons. The molecule has 0 amide bonds. The molecule has 0 aliphatic rings. The predicted molar refractivity (Wildman–Crippen MR) is 292 cm³/mol. The zero-order valence-electron chi connectivity index (χ0n) is 45.8. The highest BCUT2D eigenvalue weighted by Crippen LogP contribution is 2.15. The second kappa shape index (κ2) is 53.9. The molecule has 0 spiro atoms. The number of hydrogen-bond donors (Lipinski definition) is 0. The van der Waals surface area contributed by atoms with Crippen LogP contribution in [0.25, 0.3) is 0 Å². The highest BCUT2D eigenvalue weighted by molar-refractivity contribution is 5.69. The Morgan fingerprint density at radius 2 is 0.485 bits per heavy atom. The zero-order valence-corrected chi connectivity index (χ0v) is 45.8. The van der Waals surface area contributed by atoms with E-state index < -0.39 is 0 Å². The molecule has 0 fully saturated rings. The molecule has 0 aliphatic carbocycles. The van der Waals surface area contributed by atoms with Crippen molar-refractivity contribution in [3.63, 3.8) is 0 Å². The Labute approximate surface area is 422 Å². The Hall–Kier alpha value is -2.41. The first-order chi connectivity index (χ1) is 33.4. The lowest BCUT2D eigenvalue weighted by atomic mass is 10.1. The molecule has 0 heterocycles. The predicted octanol–water partition coefficient (Wildman–Crippen LogP) is 18.2. The van der Waals surface area contributed by atoms with Crippen LogP contribution in [0.15, 0.2) is 36.5 Å². The summed E-state index contributed by atoms with van der Waals surface area (Å²) in [4.78, 5) is 37.9. The topological polar surface area (TPSA) is 78.9 Å². The molecule has 7 heteroatoms. The maximum absolute atomic E-state index is 12.6. The number of ether oxygens (including phenoxy) is 3. The summed E-state index contributed by atoms with van der Waals surface area (Å²) in [5.74, 6) is -0.439. The van der Waals surface area contributed by atoms with E-state index in [2.05, 4.69) is 64.3 Å². The van der Waals surface area contributed by atoms with Gasteiger partial charge in [0.05, 0.1) is 7.05 Å². The summed E-state index contributed by atoms with van der Waals surface area (Å²) in [7, 11) is 2.08. The van der Waals surface area contributed by atoms with Crippen molar-refractivity contribution in [3.8, 4) is 0 Å². The molecule has 0 rings (SSSR count). The van der Waals surface area contributed by atoms with Crippen molar-refractivity contribution in [2.24, 2.45) is 0 Å². The Kier molecular flexibility index (Phi) is 52.0. The van der Waals surface area contributed by atoms with Gasteiger partial charge in [-0.1, -0.05) is 211 Å². The van der Waals surface area contributed by atoms with Gasteiger partial charge in [0.15, 0.2) is 0 Å². The average molecular weight is 958 g/mol. The van der Waals surface area contributed by atoms with E-state index in [0.29, 0.717) is 63.2 Å². The van der Waals surface area contributed by atoms with Gasteiger partial charge in [0.2, 0.25) is 0 Å². The largest absolute Gasteiger partial charge is 0.460 e. The third kappa shape index (κ3) is 51.4. The van der Waals surface area contributed by atoms with Crippen molar-refractivity contribution in [3.05, 3.63) is 36.5 Å². The van der Waals surface area contributed by atoms with E-state index in [1.165, 1.54) is 173 Å². The van der Waals surface area contributed by atoms with Gasteiger partial charge in [-0.3, -0.25) is 14.4 Å². The third-order valence-electron chi connectivity index (χ3n) is 13.6. The summed E-state index contributed by atoms with van der Waals surface area (Å²) < 4.78 is 17.6. The van der Waals surface area contributed by atoms with Crippen molar-refractivity contribution in [2.75, 3.05) is 46.5 Å². The molecular formula is C61H114NO6+. The lowest BCUT2D eigenvalue weighted by Crippen LogP contribution is -2.51. The Morgan fingerprint density at radius 3 is 0.706 bits per heavy atom. The number of esters is 3. The summed E-state index contributed by atoms with van der Waals surface area (Å²) in [6.07, 6.45) is 63.4. The van der Waals surface area contributed by atoms with Crippen LogP contribution in [0.4, 0.5) is 0 Å². The lowest BCUT2D eigenvalue weighted by molar-refractivity contribution is -0.910. The number of likely N-dealkylation sites (N-methyl/N-ethyl adjacent to an activating group) is 1. The van der Waals surface area contributed by atoms with E-state index in [1.807, 2.05) is 0 Å². The Balaban J connectivity index is 4.47. The highest BCUT2D eigenvalue weighted by Gasteiger charge is 2.24. The number of rotatable bonds is 54. The van der Waals surface area contributed by atoms with Crippen molar-refractivity contribution in [2.45, 2.75) is 290 Å². The number of quaternary nitrogens is 1. The first kappa shape index (κ1) is 65.6.